The minimum Gasteiger partial charge on any atom is -0.481 e. The van der Waals surface area contributed by atoms with Gasteiger partial charge in [0.25, 0.3) is 5.91 Å². The van der Waals surface area contributed by atoms with Crippen LogP contribution in [0.4, 0.5) is 0 Å². The zero-order chi connectivity index (χ0) is 26.1. The van der Waals surface area contributed by atoms with E-state index in [1.807, 2.05) is 36.0 Å². The van der Waals surface area contributed by atoms with E-state index in [-0.39, 0.29) is 18.9 Å². The zero-order valence-electron chi connectivity index (χ0n) is 21.9. The smallest absolute Gasteiger partial charge is 0.305 e. The van der Waals surface area contributed by atoms with Gasteiger partial charge in [-0.1, -0.05) is 82.3 Å². The quantitative estimate of drug-likeness (QED) is 0.317. The summed E-state index contributed by atoms with van der Waals surface area (Å²) < 4.78 is 0. The maximum absolute atomic E-state index is 12.3. The third-order valence-corrected chi connectivity index (χ3v) is 7.68. The van der Waals surface area contributed by atoms with Gasteiger partial charge in [-0.05, 0) is 65.5 Å². The van der Waals surface area contributed by atoms with Crippen molar-refractivity contribution < 1.29 is 14.7 Å². The molecule has 4 nitrogen and oxygen atoms in total. The summed E-state index contributed by atoms with van der Waals surface area (Å²) in [5.74, 6) is 0.0707. The van der Waals surface area contributed by atoms with Gasteiger partial charge < -0.3 is 10.4 Å². The lowest BCUT2D eigenvalue weighted by Crippen LogP contribution is -2.25. The number of carboxylic acids is 1. The number of carbonyl (C=O) groups is 2. The molecule has 192 valence electrons. The Balaban J connectivity index is 1.61. The minimum absolute atomic E-state index is 0.0779. The molecule has 0 fully saturated rings. The van der Waals surface area contributed by atoms with Crippen molar-refractivity contribution in [1.29, 1.82) is 0 Å². The molecule has 1 amide bonds. The first-order valence-corrected chi connectivity index (χ1v) is 13.9. The van der Waals surface area contributed by atoms with Gasteiger partial charge in [0.15, 0.2) is 0 Å². The van der Waals surface area contributed by atoms with Gasteiger partial charge in [-0.3, -0.25) is 9.59 Å². The van der Waals surface area contributed by atoms with E-state index in [2.05, 4.69) is 75.5 Å². The SMILES string of the molecule is CC(C)Cc1ccc(C2=CCC(SC(CC(C)C)c3ccc(C(=O)NCCC(=O)O)cc3)C=C2)cc1. The number of rotatable bonds is 12. The van der Waals surface area contributed by atoms with Crippen LogP contribution in [0.3, 0.4) is 0 Å². The van der Waals surface area contributed by atoms with E-state index in [0.29, 0.717) is 27.9 Å². The molecule has 2 aromatic rings. The molecule has 0 aliphatic heterocycles. The van der Waals surface area contributed by atoms with Gasteiger partial charge in [-0.15, -0.1) is 11.8 Å². The van der Waals surface area contributed by atoms with E-state index < -0.39 is 5.97 Å². The Morgan fingerprint density at radius 1 is 1.00 bits per heavy atom. The van der Waals surface area contributed by atoms with Gasteiger partial charge in [0.1, 0.15) is 0 Å². The molecule has 0 bridgehead atoms. The predicted molar refractivity (Wildman–Crippen MR) is 151 cm³/mol. The molecular weight excluding hydrogens is 466 g/mol. The van der Waals surface area contributed by atoms with Crippen LogP contribution in [0, 0.1) is 11.8 Å². The summed E-state index contributed by atoms with van der Waals surface area (Å²) in [6.07, 6.45) is 10.0. The van der Waals surface area contributed by atoms with E-state index in [9.17, 15) is 9.59 Å². The van der Waals surface area contributed by atoms with Crippen LogP contribution >= 0.6 is 11.8 Å². The number of allylic oxidation sites excluding steroid dienone is 3. The molecule has 2 unspecified atom stereocenters. The average molecular weight is 506 g/mol. The Morgan fingerprint density at radius 2 is 1.69 bits per heavy atom. The summed E-state index contributed by atoms with van der Waals surface area (Å²) in [5, 5.41) is 12.2. The highest BCUT2D eigenvalue weighted by molar-refractivity contribution is 8.00. The number of aliphatic carboxylic acids is 1. The number of thioether (sulfide) groups is 1. The van der Waals surface area contributed by atoms with Crippen LogP contribution in [-0.2, 0) is 11.2 Å². The van der Waals surface area contributed by atoms with Crippen LogP contribution in [0.1, 0.15) is 79.3 Å². The molecule has 1 aliphatic rings. The Hall–Kier alpha value is -2.79. The third kappa shape index (κ3) is 8.70. The number of hydrogen-bond donors (Lipinski definition) is 2. The second-order valence-electron chi connectivity index (χ2n) is 10.4. The molecule has 0 saturated heterocycles. The molecule has 0 spiro atoms. The topological polar surface area (TPSA) is 66.4 Å². The van der Waals surface area contributed by atoms with Crippen molar-refractivity contribution in [2.45, 2.75) is 63.9 Å². The maximum Gasteiger partial charge on any atom is 0.305 e. The Morgan fingerprint density at radius 3 is 2.25 bits per heavy atom. The van der Waals surface area contributed by atoms with Crippen LogP contribution < -0.4 is 5.32 Å². The Kier molecular flexibility index (Phi) is 10.4. The van der Waals surface area contributed by atoms with Gasteiger partial charge in [-0.25, -0.2) is 0 Å². The second-order valence-corrected chi connectivity index (χ2v) is 11.8. The van der Waals surface area contributed by atoms with Crippen molar-refractivity contribution in [2.75, 3.05) is 6.54 Å². The zero-order valence-corrected chi connectivity index (χ0v) is 22.7. The van der Waals surface area contributed by atoms with E-state index >= 15 is 0 Å². The van der Waals surface area contributed by atoms with Crippen LogP contribution in [0.25, 0.3) is 5.57 Å². The first kappa shape index (κ1) is 27.8. The molecular formula is C31H39NO3S. The summed E-state index contributed by atoms with van der Waals surface area (Å²) in [4.78, 5) is 23.0. The number of carboxylic acid groups (broad SMARTS) is 1. The molecule has 2 atom stereocenters. The number of amides is 1. The fourth-order valence-electron chi connectivity index (χ4n) is 4.36. The van der Waals surface area contributed by atoms with Gasteiger partial charge in [-0.2, -0.15) is 0 Å². The first-order valence-electron chi connectivity index (χ1n) is 12.9. The van der Waals surface area contributed by atoms with Crippen LogP contribution in [0.15, 0.2) is 66.8 Å². The highest BCUT2D eigenvalue weighted by Crippen LogP contribution is 2.41. The van der Waals surface area contributed by atoms with Gasteiger partial charge >= 0.3 is 5.97 Å². The lowest BCUT2D eigenvalue weighted by atomic mass is 9.96. The van der Waals surface area contributed by atoms with Crippen LogP contribution in [-0.4, -0.2) is 28.8 Å². The summed E-state index contributed by atoms with van der Waals surface area (Å²) in [7, 11) is 0. The maximum atomic E-state index is 12.3. The van der Waals surface area contributed by atoms with Crippen molar-refractivity contribution >= 4 is 29.2 Å². The molecule has 2 N–H and O–H groups in total. The molecule has 0 aromatic heterocycles. The molecule has 5 heteroatoms. The standard InChI is InChI=1S/C31H39NO3S/c1-21(2)19-23-5-7-24(8-6-23)25-13-15-28(16-14-25)36-29(20-22(3)4)26-9-11-27(12-10-26)31(35)32-18-17-30(33)34/h5-15,21-22,28-29H,16-20H2,1-4H3,(H,32,35)(H,33,34). The molecule has 0 heterocycles. The fourth-order valence-corrected chi connectivity index (χ4v) is 5.97. The number of carbonyl (C=O) groups excluding carboxylic acids is 1. The fraction of sp³-hybridized carbons (Fsp3) is 0.419. The van der Waals surface area contributed by atoms with E-state index in [4.69, 9.17) is 5.11 Å². The van der Waals surface area contributed by atoms with E-state index in [0.717, 1.165) is 19.3 Å². The summed E-state index contributed by atoms with van der Waals surface area (Å²) in [5.41, 5.74) is 5.74. The van der Waals surface area contributed by atoms with Crippen molar-refractivity contribution in [1.82, 2.24) is 5.32 Å². The van der Waals surface area contributed by atoms with Crippen molar-refractivity contribution in [2.24, 2.45) is 11.8 Å². The number of hydrogen-bond acceptors (Lipinski definition) is 3. The Labute approximate surface area is 220 Å². The summed E-state index contributed by atoms with van der Waals surface area (Å²) >= 11 is 1.99. The van der Waals surface area contributed by atoms with Crippen LogP contribution in [0.2, 0.25) is 0 Å². The minimum atomic E-state index is -0.919. The highest BCUT2D eigenvalue weighted by atomic mass is 32.2. The van der Waals surface area contributed by atoms with E-state index in [1.165, 1.54) is 22.3 Å². The summed E-state index contributed by atoms with van der Waals surface area (Å²) in [6, 6.07) is 16.7. The lowest BCUT2D eigenvalue weighted by Gasteiger charge is -2.25. The molecule has 3 rings (SSSR count). The van der Waals surface area contributed by atoms with E-state index in [1.54, 1.807) is 0 Å². The summed E-state index contributed by atoms with van der Waals surface area (Å²) in [6.45, 7) is 9.13. The largest absolute Gasteiger partial charge is 0.481 e. The molecule has 36 heavy (non-hydrogen) atoms. The monoisotopic (exact) mass is 505 g/mol. The first-order chi connectivity index (χ1) is 17.2. The highest BCUT2D eigenvalue weighted by Gasteiger charge is 2.20. The van der Waals surface area contributed by atoms with Crippen molar-refractivity contribution in [3.05, 3.63) is 89.0 Å². The number of benzene rings is 2. The molecule has 0 saturated carbocycles. The number of nitrogens with one attached hydrogen (secondary N) is 1. The predicted octanol–water partition coefficient (Wildman–Crippen LogP) is 7.32. The molecule has 0 radical (unpaired) electrons. The van der Waals surface area contributed by atoms with Crippen LogP contribution in [0.5, 0.6) is 0 Å². The normalized spacial score (nSPS) is 16.2. The average Bonchev–Trinajstić information content (AvgIpc) is 2.84. The molecule has 2 aromatic carbocycles. The van der Waals surface area contributed by atoms with Gasteiger partial charge in [0, 0.05) is 22.6 Å². The van der Waals surface area contributed by atoms with Gasteiger partial charge in [0.2, 0.25) is 0 Å². The van der Waals surface area contributed by atoms with Crippen molar-refractivity contribution in [3.63, 3.8) is 0 Å². The molecule has 1 aliphatic carbocycles. The third-order valence-electron chi connectivity index (χ3n) is 6.19. The Bertz CT molecular complexity index is 1070. The van der Waals surface area contributed by atoms with Gasteiger partial charge in [0.05, 0.1) is 6.42 Å². The van der Waals surface area contributed by atoms with Crippen molar-refractivity contribution in [3.8, 4) is 0 Å². The lowest BCUT2D eigenvalue weighted by molar-refractivity contribution is -0.136. The second kappa shape index (κ2) is 13.5.